The first-order valence-corrected chi connectivity index (χ1v) is 43.2. The summed E-state index contributed by atoms with van der Waals surface area (Å²) in [6.45, 7) is 4.82. The molecule has 0 saturated heterocycles. The van der Waals surface area contributed by atoms with E-state index in [0.29, 0.717) is 25.7 Å². The van der Waals surface area contributed by atoms with Crippen molar-refractivity contribution in [2.45, 2.75) is 380 Å². The quantitative estimate of drug-likeness (QED) is 0.0169. The number of carbonyl (C=O) groups excluding carboxylic acids is 4. The normalized spacial score (nSPS) is 14.3. The number of hydrogen-bond donors (Lipinski definition) is 3. The van der Waals surface area contributed by atoms with Gasteiger partial charge in [0.1, 0.15) is 19.3 Å². The van der Waals surface area contributed by atoms with Crippen molar-refractivity contribution in [2.75, 3.05) is 39.6 Å². The van der Waals surface area contributed by atoms with E-state index in [1.54, 1.807) is 0 Å². The second-order valence-electron chi connectivity index (χ2n) is 27.0. The number of allylic oxidation sites excluding steroid dienone is 12. The zero-order valence-corrected chi connectivity index (χ0v) is 65.4. The maximum atomic E-state index is 13.1. The molecule has 3 N–H and O–H groups in total. The molecule has 0 aliphatic heterocycles. The van der Waals surface area contributed by atoms with Gasteiger partial charge in [-0.1, -0.05) is 268 Å². The van der Waals surface area contributed by atoms with Gasteiger partial charge in [-0.15, -0.1) is 0 Å². The summed E-state index contributed by atoms with van der Waals surface area (Å²) in [5, 5.41) is 10.6. The van der Waals surface area contributed by atoms with Gasteiger partial charge in [-0.05, 0) is 141 Å². The fraction of sp³-hybridized carbons (Fsp3) is 0.802. The SMILES string of the molecule is CCCCC/C=C\C/C=C\CCCCCCCC(=O)O[C@H](COC(=O)CCCCCCC/C=C\CCCCCCCC)COP(=O)(O)OCC(O)COP(=O)(O)OC[C@@H](COC(=O)CCCCCCC/C=C\CCCCCCCC)OC(=O)CCCCCCC/C=C\C/C=C\CCCCC. The van der Waals surface area contributed by atoms with Gasteiger partial charge >= 0.3 is 39.5 Å². The van der Waals surface area contributed by atoms with Gasteiger partial charge in [0.2, 0.25) is 0 Å². The van der Waals surface area contributed by atoms with Crippen LogP contribution in [0.25, 0.3) is 0 Å². The zero-order chi connectivity index (χ0) is 73.2. The molecule has 0 fully saturated rings. The Balaban J connectivity index is 5.37. The average Bonchev–Trinajstić information content (AvgIpc) is 1.25. The summed E-state index contributed by atoms with van der Waals surface area (Å²) in [6, 6.07) is 0. The van der Waals surface area contributed by atoms with Crippen LogP contribution in [-0.2, 0) is 65.4 Å². The Morgan fingerprint density at radius 2 is 0.490 bits per heavy atom. The molecule has 0 amide bonds. The summed E-state index contributed by atoms with van der Waals surface area (Å²) >= 11 is 0. The molecule has 0 aromatic carbocycles. The molecule has 0 aromatic rings. The first-order chi connectivity index (χ1) is 48.7. The van der Waals surface area contributed by atoms with Crippen molar-refractivity contribution in [1.82, 2.24) is 0 Å². The maximum absolute atomic E-state index is 13.1. The van der Waals surface area contributed by atoms with Crippen molar-refractivity contribution in [2.24, 2.45) is 0 Å². The van der Waals surface area contributed by atoms with Crippen LogP contribution in [0.5, 0.6) is 0 Å². The first-order valence-electron chi connectivity index (χ1n) is 40.2. The van der Waals surface area contributed by atoms with Crippen LogP contribution in [0.1, 0.15) is 362 Å². The van der Waals surface area contributed by atoms with Gasteiger partial charge < -0.3 is 33.8 Å². The molecule has 0 aliphatic carbocycles. The lowest BCUT2D eigenvalue weighted by Crippen LogP contribution is -2.30. The Kier molecular flexibility index (Phi) is 71.2. The molecular weight excluding hydrogens is 1310 g/mol. The van der Waals surface area contributed by atoms with Crippen molar-refractivity contribution >= 4 is 39.5 Å². The lowest BCUT2D eigenvalue weighted by molar-refractivity contribution is -0.161. The molecule has 2 unspecified atom stereocenters. The molecule has 0 spiro atoms. The van der Waals surface area contributed by atoms with Crippen LogP contribution in [0.3, 0.4) is 0 Å². The molecule has 0 radical (unpaired) electrons. The molecule has 4 atom stereocenters. The van der Waals surface area contributed by atoms with Crippen LogP contribution < -0.4 is 0 Å². The van der Waals surface area contributed by atoms with E-state index in [9.17, 15) is 43.2 Å². The number of aliphatic hydroxyl groups excluding tert-OH is 1. The van der Waals surface area contributed by atoms with Crippen LogP contribution >= 0.6 is 15.6 Å². The van der Waals surface area contributed by atoms with E-state index in [1.165, 1.54) is 116 Å². The Morgan fingerprint density at radius 3 is 0.770 bits per heavy atom. The van der Waals surface area contributed by atoms with E-state index in [-0.39, 0.29) is 25.7 Å². The minimum absolute atomic E-state index is 0.0797. The van der Waals surface area contributed by atoms with Crippen molar-refractivity contribution in [3.8, 4) is 0 Å². The molecule has 0 heterocycles. The van der Waals surface area contributed by atoms with Crippen LogP contribution in [-0.4, -0.2) is 96.7 Å². The number of unbranched alkanes of at least 4 members (excludes halogenated alkanes) is 38. The molecule has 0 aromatic heterocycles. The number of hydrogen-bond acceptors (Lipinski definition) is 15. The van der Waals surface area contributed by atoms with Crippen molar-refractivity contribution in [1.29, 1.82) is 0 Å². The highest BCUT2D eigenvalue weighted by molar-refractivity contribution is 7.47. The van der Waals surface area contributed by atoms with Gasteiger partial charge in [0.25, 0.3) is 0 Å². The number of esters is 4. The summed E-state index contributed by atoms with van der Waals surface area (Å²) in [4.78, 5) is 73.0. The molecular formula is C81H146O17P2. The number of carbonyl (C=O) groups is 4. The molecule has 0 bridgehead atoms. The van der Waals surface area contributed by atoms with Gasteiger partial charge in [0.05, 0.1) is 26.4 Å². The van der Waals surface area contributed by atoms with E-state index in [2.05, 4.69) is 101 Å². The standard InChI is InChI=1S/C81H146O17P2/c1-5-9-13-17-21-25-29-33-37-41-45-49-53-57-61-65-78(83)91-71-76(97-80(85)67-63-59-55-51-47-43-39-35-31-27-23-19-15-11-7-3)73-95-99(87,88)93-69-75(82)70-94-100(89,90)96-74-77(98-81(86)68-64-60-56-52-48-44-40-36-32-28-24-20-16-12-8-4)72-92-79(84)66-62-58-54-50-46-42-38-34-30-26-22-18-14-10-6-2/h23-24,27-28,33-40,75-77,82H,5-22,25-26,29-32,41-74H2,1-4H3,(H,87,88)(H,89,90)/b27-23-,28-24-,37-33-,38-34-,39-35-,40-36-/t76-,77-/m1/s1. The second-order valence-corrected chi connectivity index (χ2v) is 29.9. The molecule has 17 nitrogen and oxygen atoms in total. The molecule has 0 rings (SSSR count). The Labute approximate surface area is 609 Å². The van der Waals surface area contributed by atoms with Gasteiger partial charge in [-0.2, -0.15) is 0 Å². The monoisotopic (exact) mass is 1450 g/mol. The molecule has 0 saturated carbocycles. The third-order valence-electron chi connectivity index (χ3n) is 17.1. The van der Waals surface area contributed by atoms with Crippen molar-refractivity contribution in [3.05, 3.63) is 72.9 Å². The smallest absolute Gasteiger partial charge is 0.462 e. The Morgan fingerprint density at radius 1 is 0.280 bits per heavy atom. The van der Waals surface area contributed by atoms with E-state index in [0.717, 1.165) is 167 Å². The van der Waals surface area contributed by atoms with E-state index < -0.39 is 97.5 Å². The van der Waals surface area contributed by atoms with Crippen LogP contribution in [0.2, 0.25) is 0 Å². The third-order valence-corrected chi connectivity index (χ3v) is 19.0. The lowest BCUT2D eigenvalue weighted by atomic mass is 10.1. The number of ether oxygens (including phenoxy) is 4. The molecule has 0 aliphatic rings. The van der Waals surface area contributed by atoms with Gasteiger partial charge in [0.15, 0.2) is 12.2 Å². The van der Waals surface area contributed by atoms with Crippen molar-refractivity contribution < 1.29 is 80.2 Å². The third kappa shape index (κ3) is 72.8. The summed E-state index contributed by atoms with van der Waals surface area (Å²) in [6.07, 6.45) is 74.4. The van der Waals surface area contributed by atoms with E-state index >= 15 is 0 Å². The molecule has 19 heteroatoms. The number of rotatable bonds is 76. The van der Waals surface area contributed by atoms with Crippen LogP contribution in [0, 0.1) is 0 Å². The predicted molar refractivity (Wildman–Crippen MR) is 409 cm³/mol. The van der Waals surface area contributed by atoms with Gasteiger partial charge in [-0.25, -0.2) is 9.13 Å². The zero-order valence-electron chi connectivity index (χ0n) is 63.6. The van der Waals surface area contributed by atoms with Crippen molar-refractivity contribution in [3.63, 3.8) is 0 Å². The number of aliphatic hydroxyl groups is 1. The van der Waals surface area contributed by atoms with Gasteiger partial charge in [-0.3, -0.25) is 37.3 Å². The maximum Gasteiger partial charge on any atom is 0.472 e. The van der Waals surface area contributed by atoms with Crippen LogP contribution in [0.15, 0.2) is 72.9 Å². The number of phosphoric ester groups is 2. The Hall–Kier alpha value is -3.50. The Bertz CT molecular complexity index is 2030. The minimum atomic E-state index is -4.98. The topological polar surface area (TPSA) is 237 Å². The minimum Gasteiger partial charge on any atom is -0.462 e. The highest BCUT2D eigenvalue weighted by Gasteiger charge is 2.30. The van der Waals surface area contributed by atoms with Gasteiger partial charge in [0, 0.05) is 25.7 Å². The second kappa shape index (κ2) is 73.8. The largest absolute Gasteiger partial charge is 0.472 e. The fourth-order valence-corrected chi connectivity index (χ4v) is 12.5. The highest BCUT2D eigenvalue weighted by Crippen LogP contribution is 2.45. The fourth-order valence-electron chi connectivity index (χ4n) is 10.9. The summed E-state index contributed by atoms with van der Waals surface area (Å²) in [5.74, 6) is -2.20. The van der Waals surface area contributed by atoms with Crippen LogP contribution in [0.4, 0.5) is 0 Å². The average molecular weight is 1450 g/mol. The molecule has 100 heavy (non-hydrogen) atoms. The summed E-state index contributed by atoms with van der Waals surface area (Å²) in [5.41, 5.74) is 0. The lowest BCUT2D eigenvalue weighted by Gasteiger charge is -2.21. The number of phosphoric acid groups is 2. The summed E-state index contributed by atoms with van der Waals surface area (Å²) in [7, 11) is -9.96. The first kappa shape index (κ1) is 96.5. The van der Waals surface area contributed by atoms with E-state index in [4.69, 9.17) is 37.0 Å². The molecule has 582 valence electrons. The predicted octanol–water partition coefficient (Wildman–Crippen LogP) is 23.2. The highest BCUT2D eigenvalue weighted by atomic mass is 31.2. The summed E-state index contributed by atoms with van der Waals surface area (Å²) < 4.78 is 68.6. The van der Waals surface area contributed by atoms with E-state index in [1.807, 2.05) is 0 Å².